The van der Waals surface area contributed by atoms with Gasteiger partial charge in [0.05, 0.1) is 15.6 Å². The van der Waals surface area contributed by atoms with Gasteiger partial charge in [0.15, 0.2) is 0 Å². The Morgan fingerprint density at radius 3 is 2.38 bits per heavy atom. The Hall–Kier alpha value is -3.20. The summed E-state index contributed by atoms with van der Waals surface area (Å²) in [4.78, 5) is 12.9. The van der Waals surface area contributed by atoms with Gasteiger partial charge >= 0.3 is 6.18 Å². The first-order valence-electron chi connectivity index (χ1n) is 8.47. The highest BCUT2D eigenvalue weighted by Crippen LogP contribution is 2.31. The minimum atomic E-state index is -4.37. The maximum Gasteiger partial charge on any atom is 0.416 e. The first-order valence-corrected chi connectivity index (χ1v) is 9.26. The molecular weight excluding hydrogens is 447 g/mol. The minimum Gasteiger partial charge on any atom is -0.339 e. The van der Waals surface area contributed by atoms with Crippen molar-refractivity contribution < 1.29 is 13.2 Å². The highest BCUT2D eigenvalue weighted by atomic mass is 79.9. The molecule has 5 nitrogen and oxygen atoms in total. The zero-order chi connectivity index (χ0) is 20.4. The van der Waals surface area contributed by atoms with Crippen molar-refractivity contribution in [2.45, 2.75) is 6.18 Å². The van der Waals surface area contributed by atoms with Crippen LogP contribution >= 0.6 is 15.9 Å². The largest absolute Gasteiger partial charge is 0.416 e. The summed E-state index contributed by atoms with van der Waals surface area (Å²) in [5.41, 5.74) is 1.42. The summed E-state index contributed by atoms with van der Waals surface area (Å²) in [6.45, 7) is 0. The van der Waals surface area contributed by atoms with Gasteiger partial charge in [-0.15, -0.1) is 0 Å². The number of hydrogen-bond donors (Lipinski definition) is 2. The third-order valence-corrected chi connectivity index (χ3v) is 4.66. The van der Waals surface area contributed by atoms with E-state index in [4.69, 9.17) is 0 Å². The first kappa shape index (κ1) is 19.1. The Kier molecular flexibility index (Phi) is 5.06. The Labute approximate surface area is 172 Å². The molecule has 0 fully saturated rings. The molecule has 4 rings (SSSR count). The number of rotatable bonds is 4. The summed E-state index contributed by atoms with van der Waals surface area (Å²) in [6, 6.07) is 14.2. The molecule has 0 unspecified atom stereocenters. The third-order valence-electron chi connectivity index (χ3n) is 4.08. The Bertz CT molecular complexity index is 1160. The number of aromatic nitrogens is 3. The van der Waals surface area contributed by atoms with Crippen LogP contribution in [0.2, 0.25) is 0 Å². The van der Waals surface area contributed by atoms with E-state index in [1.807, 2.05) is 30.3 Å². The van der Waals surface area contributed by atoms with Crippen LogP contribution < -0.4 is 10.6 Å². The normalized spacial score (nSPS) is 11.4. The van der Waals surface area contributed by atoms with Gasteiger partial charge < -0.3 is 10.6 Å². The smallest absolute Gasteiger partial charge is 0.339 e. The molecule has 0 aliphatic rings. The van der Waals surface area contributed by atoms with E-state index >= 15 is 0 Å². The lowest BCUT2D eigenvalue weighted by atomic mass is 10.2. The molecule has 4 aromatic rings. The van der Waals surface area contributed by atoms with Crippen molar-refractivity contribution in [1.29, 1.82) is 0 Å². The molecule has 0 aliphatic heterocycles. The van der Waals surface area contributed by atoms with Crippen LogP contribution in [0.4, 0.5) is 36.3 Å². The average Bonchev–Trinajstić information content (AvgIpc) is 2.70. The lowest BCUT2D eigenvalue weighted by Crippen LogP contribution is -2.05. The maximum absolute atomic E-state index is 12.7. The fourth-order valence-corrected chi connectivity index (χ4v) is 2.97. The van der Waals surface area contributed by atoms with Crippen LogP contribution in [0.3, 0.4) is 0 Å². The monoisotopic (exact) mass is 459 g/mol. The van der Waals surface area contributed by atoms with Crippen molar-refractivity contribution in [2.24, 2.45) is 0 Å². The van der Waals surface area contributed by atoms with Crippen LogP contribution in [0.15, 0.2) is 71.5 Å². The van der Waals surface area contributed by atoms with Crippen molar-refractivity contribution in [3.8, 4) is 0 Å². The molecule has 9 heteroatoms. The van der Waals surface area contributed by atoms with Crippen LogP contribution in [-0.4, -0.2) is 15.0 Å². The van der Waals surface area contributed by atoms with Gasteiger partial charge in [-0.05, 0) is 64.5 Å². The van der Waals surface area contributed by atoms with E-state index < -0.39 is 11.7 Å². The van der Waals surface area contributed by atoms with Gasteiger partial charge in [0.1, 0.15) is 5.82 Å². The van der Waals surface area contributed by atoms with Crippen LogP contribution in [0, 0.1) is 0 Å². The van der Waals surface area contributed by atoms with Gasteiger partial charge in [-0.3, -0.25) is 4.98 Å². The molecule has 2 aromatic carbocycles. The van der Waals surface area contributed by atoms with E-state index in [1.54, 1.807) is 12.4 Å². The SMILES string of the molecule is FC(F)(F)c1ccc(Nc2nc(Nc3ccc4ncccc4c3)ncc2Br)cc1. The van der Waals surface area contributed by atoms with Gasteiger partial charge in [-0.25, -0.2) is 4.98 Å². The highest BCUT2D eigenvalue weighted by molar-refractivity contribution is 9.10. The number of nitrogens with one attached hydrogen (secondary N) is 2. The van der Waals surface area contributed by atoms with E-state index in [0.717, 1.165) is 28.7 Å². The third kappa shape index (κ3) is 4.45. The van der Waals surface area contributed by atoms with Crippen LogP contribution in [0.25, 0.3) is 10.9 Å². The van der Waals surface area contributed by atoms with E-state index in [0.29, 0.717) is 21.9 Å². The van der Waals surface area contributed by atoms with Crippen molar-refractivity contribution in [1.82, 2.24) is 15.0 Å². The molecule has 146 valence electrons. The summed E-state index contributed by atoms with van der Waals surface area (Å²) in [6.07, 6.45) is -1.09. The first-order chi connectivity index (χ1) is 13.9. The number of halogens is 4. The maximum atomic E-state index is 12.7. The number of nitrogens with zero attached hydrogens (tertiary/aromatic N) is 3. The Morgan fingerprint density at radius 2 is 1.62 bits per heavy atom. The van der Waals surface area contributed by atoms with E-state index in [1.165, 1.54) is 12.1 Å². The summed E-state index contributed by atoms with van der Waals surface area (Å²) in [5.74, 6) is 0.760. The summed E-state index contributed by atoms with van der Waals surface area (Å²) >= 11 is 3.35. The second-order valence-electron chi connectivity index (χ2n) is 6.13. The van der Waals surface area contributed by atoms with Crippen molar-refractivity contribution in [3.63, 3.8) is 0 Å². The van der Waals surface area contributed by atoms with Crippen molar-refractivity contribution in [3.05, 3.63) is 77.0 Å². The number of alkyl halides is 3. The molecule has 29 heavy (non-hydrogen) atoms. The summed E-state index contributed by atoms with van der Waals surface area (Å²) in [7, 11) is 0. The molecule has 0 saturated carbocycles. The molecule has 2 heterocycles. The van der Waals surface area contributed by atoms with Gasteiger partial charge in [0.2, 0.25) is 5.95 Å². The van der Waals surface area contributed by atoms with E-state index in [-0.39, 0.29) is 0 Å². The van der Waals surface area contributed by atoms with Crippen molar-refractivity contribution >= 4 is 50.0 Å². The number of hydrogen-bond acceptors (Lipinski definition) is 5. The second kappa shape index (κ2) is 7.67. The van der Waals surface area contributed by atoms with E-state index in [2.05, 4.69) is 41.5 Å². The second-order valence-corrected chi connectivity index (χ2v) is 6.98. The molecule has 0 saturated heterocycles. The topological polar surface area (TPSA) is 62.7 Å². The molecule has 0 radical (unpaired) electrons. The molecule has 0 atom stereocenters. The fourth-order valence-electron chi connectivity index (χ4n) is 2.68. The van der Waals surface area contributed by atoms with Crippen LogP contribution in [-0.2, 0) is 6.18 Å². The number of benzene rings is 2. The zero-order valence-corrected chi connectivity index (χ0v) is 16.3. The number of fused-ring (bicyclic) bond motifs is 1. The lowest BCUT2D eigenvalue weighted by Gasteiger charge is -2.12. The number of pyridine rings is 1. The highest BCUT2D eigenvalue weighted by Gasteiger charge is 2.29. The quantitative estimate of drug-likeness (QED) is 0.375. The Morgan fingerprint density at radius 1 is 0.862 bits per heavy atom. The molecule has 0 bridgehead atoms. The van der Waals surface area contributed by atoms with Crippen LogP contribution in [0.5, 0.6) is 0 Å². The molecule has 0 spiro atoms. The van der Waals surface area contributed by atoms with Crippen LogP contribution in [0.1, 0.15) is 5.56 Å². The molecule has 0 amide bonds. The minimum absolute atomic E-state index is 0.339. The molecule has 2 N–H and O–H groups in total. The van der Waals surface area contributed by atoms with Gasteiger partial charge in [0.25, 0.3) is 0 Å². The predicted molar refractivity (Wildman–Crippen MR) is 109 cm³/mol. The average molecular weight is 460 g/mol. The van der Waals surface area contributed by atoms with Gasteiger partial charge in [-0.2, -0.15) is 18.2 Å². The van der Waals surface area contributed by atoms with Gasteiger partial charge in [0, 0.05) is 29.2 Å². The lowest BCUT2D eigenvalue weighted by molar-refractivity contribution is -0.137. The molecule has 0 aliphatic carbocycles. The van der Waals surface area contributed by atoms with E-state index in [9.17, 15) is 13.2 Å². The van der Waals surface area contributed by atoms with Gasteiger partial charge in [-0.1, -0.05) is 6.07 Å². The summed E-state index contributed by atoms with van der Waals surface area (Å²) < 4.78 is 38.7. The Balaban J connectivity index is 1.55. The zero-order valence-electron chi connectivity index (χ0n) is 14.7. The predicted octanol–water partition coefficient (Wildman–Crippen LogP) is 6.29. The number of anilines is 4. The summed E-state index contributed by atoms with van der Waals surface area (Å²) in [5, 5.41) is 7.08. The molecular formula is C20H13BrF3N5. The standard InChI is InChI=1S/C20H13BrF3N5/c21-16-11-26-19(28-15-7-8-17-12(10-15)2-1-9-25-17)29-18(16)27-14-5-3-13(4-6-14)20(22,23)24/h1-11H,(H2,26,27,28,29). The molecule has 2 aromatic heterocycles. The van der Waals surface area contributed by atoms with Crippen molar-refractivity contribution in [2.75, 3.05) is 10.6 Å². The fraction of sp³-hybridized carbons (Fsp3) is 0.0500.